The van der Waals surface area contributed by atoms with Gasteiger partial charge < -0.3 is 25.0 Å². The second-order valence-corrected chi connectivity index (χ2v) is 3.72. The lowest BCUT2D eigenvalue weighted by atomic mass is 10.0. The molecule has 1 aliphatic rings. The normalized spacial score (nSPS) is 22.2. The number of carbonyl (C=O) groups is 2. The van der Waals surface area contributed by atoms with Crippen LogP contribution in [-0.4, -0.2) is 35.4 Å². The number of hydrogen-bond acceptors (Lipinski definition) is 6. The van der Waals surface area contributed by atoms with Crippen molar-refractivity contribution >= 4 is 12.1 Å². The van der Waals surface area contributed by atoms with Gasteiger partial charge in [0, 0.05) is 0 Å². The summed E-state index contributed by atoms with van der Waals surface area (Å²) >= 11 is 0. The van der Waals surface area contributed by atoms with Gasteiger partial charge in [-0.1, -0.05) is 6.07 Å². The molecule has 0 spiro atoms. The molecule has 0 saturated carbocycles. The van der Waals surface area contributed by atoms with Gasteiger partial charge in [-0.25, -0.2) is 9.59 Å². The molecule has 7 nitrogen and oxygen atoms in total. The van der Waals surface area contributed by atoms with E-state index in [1.807, 2.05) is 0 Å². The first kappa shape index (κ1) is 12.0. The van der Waals surface area contributed by atoms with Crippen molar-refractivity contribution in [3.05, 3.63) is 23.8 Å². The third-order valence-corrected chi connectivity index (χ3v) is 2.59. The summed E-state index contributed by atoms with van der Waals surface area (Å²) in [4.78, 5) is 22.6. The van der Waals surface area contributed by atoms with Crippen LogP contribution in [0.3, 0.4) is 0 Å². The van der Waals surface area contributed by atoms with Crippen molar-refractivity contribution < 1.29 is 29.3 Å². The van der Waals surface area contributed by atoms with Crippen molar-refractivity contribution in [1.82, 2.24) is 5.32 Å². The number of rotatable bonds is 2. The van der Waals surface area contributed by atoms with Gasteiger partial charge in [0.1, 0.15) is 0 Å². The predicted molar refractivity (Wildman–Crippen MR) is 57.9 cm³/mol. The predicted octanol–water partition coefficient (Wildman–Crippen LogP) is 0.420. The van der Waals surface area contributed by atoms with Crippen LogP contribution in [0.2, 0.25) is 0 Å². The smallest absolute Gasteiger partial charge is 0.408 e. The Balaban J connectivity index is 2.32. The van der Waals surface area contributed by atoms with E-state index in [2.05, 4.69) is 10.1 Å². The van der Waals surface area contributed by atoms with E-state index in [1.54, 1.807) is 0 Å². The third kappa shape index (κ3) is 2.02. The average molecular weight is 253 g/mol. The fraction of sp³-hybridized carbons (Fsp3) is 0.273. The molecule has 2 rings (SSSR count). The van der Waals surface area contributed by atoms with E-state index in [1.165, 1.54) is 25.3 Å². The van der Waals surface area contributed by atoms with Gasteiger partial charge in [0.05, 0.1) is 7.11 Å². The molecule has 1 amide bonds. The zero-order chi connectivity index (χ0) is 13.3. The second-order valence-electron chi connectivity index (χ2n) is 3.72. The number of cyclic esters (lactones) is 1. The number of phenols is 2. The Morgan fingerprint density at radius 2 is 2.11 bits per heavy atom. The molecule has 1 aromatic carbocycles. The number of benzene rings is 1. The molecule has 0 aliphatic carbocycles. The number of ether oxygens (including phenoxy) is 2. The van der Waals surface area contributed by atoms with Crippen molar-refractivity contribution in [3.8, 4) is 11.5 Å². The van der Waals surface area contributed by atoms with Crippen molar-refractivity contribution in [2.24, 2.45) is 0 Å². The first-order valence-electron chi connectivity index (χ1n) is 5.10. The zero-order valence-corrected chi connectivity index (χ0v) is 9.41. The maximum Gasteiger partial charge on any atom is 0.408 e. The lowest BCUT2D eigenvalue weighted by Crippen LogP contribution is -2.36. The fourth-order valence-electron chi connectivity index (χ4n) is 1.71. The molecule has 96 valence electrons. The van der Waals surface area contributed by atoms with E-state index in [0.717, 1.165) is 0 Å². The van der Waals surface area contributed by atoms with Gasteiger partial charge in [-0.05, 0) is 17.7 Å². The number of phenolic OH excluding ortho intramolecular Hbond substituents is 2. The quantitative estimate of drug-likeness (QED) is 0.521. The Morgan fingerprint density at radius 3 is 2.72 bits per heavy atom. The molecule has 1 aliphatic heterocycles. The molecule has 2 atom stereocenters. The molecule has 0 radical (unpaired) electrons. The number of carbonyl (C=O) groups excluding carboxylic acids is 2. The van der Waals surface area contributed by atoms with Crippen molar-refractivity contribution in [2.45, 2.75) is 12.1 Å². The lowest BCUT2D eigenvalue weighted by Gasteiger charge is -2.15. The molecule has 0 aromatic heterocycles. The van der Waals surface area contributed by atoms with Crippen molar-refractivity contribution in [1.29, 1.82) is 0 Å². The minimum Gasteiger partial charge on any atom is -0.504 e. The molecule has 1 saturated heterocycles. The highest BCUT2D eigenvalue weighted by atomic mass is 16.6. The van der Waals surface area contributed by atoms with Crippen LogP contribution in [0.1, 0.15) is 11.7 Å². The molecule has 1 fully saturated rings. The Kier molecular flexibility index (Phi) is 2.97. The summed E-state index contributed by atoms with van der Waals surface area (Å²) in [5.74, 6) is -1.32. The molecule has 7 heteroatoms. The van der Waals surface area contributed by atoms with E-state index in [4.69, 9.17) is 4.74 Å². The highest BCUT2D eigenvalue weighted by Crippen LogP contribution is 2.33. The minimum absolute atomic E-state index is 0.300. The van der Waals surface area contributed by atoms with Gasteiger partial charge >= 0.3 is 12.1 Å². The number of aromatic hydroxyl groups is 2. The van der Waals surface area contributed by atoms with Crippen molar-refractivity contribution in [3.63, 3.8) is 0 Å². The summed E-state index contributed by atoms with van der Waals surface area (Å²) in [6, 6.07) is 2.92. The number of methoxy groups -OCH3 is 1. The standard InChI is InChI=1S/C11H11NO6/c1-17-10(15)8-9(18-11(16)12-8)5-2-3-6(13)7(14)4-5/h2-4,8-9,13-14H,1H3,(H,12,16)/t8-,9+/m0/s1. The van der Waals surface area contributed by atoms with Crippen LogP contribution in [-0.2, 0) is 14.3 Å². The molecular formula is C11H11NO6. The SMILES string of the molecule is COC(=O)[C@H]1NC(=O)O[C@@H]1c1ccc(O)c(O)c1. The van der Waals surface area contributed by atoms with Crippen LogP contribution >= 0.6 is 0 Å². The van der Waals surface area contributed by atoms with Gasteiger partial charge in [-0.2, -0.15) is 0 Å². The number of esters is 1. The number of nitrogens with one attached hydrogen (secondary N) is 1. The Morgan fingerprint density at radius 1 is 1.39 bits per heavy atom. The number of amides is 1. The van der Waals surface area contributed by atoms with E-state index < -0.39 is 24.2 Å². The monoisotopic (exact) mass is 253 g/mol. The van der Waals surface area contributed by atoms with Crippen LogP contribution in [0.25, 0.3) is 0 Å². The summed E-state index contributed by atoms with van der Waals surface area (Å²) in [5, 5.41) is 20.9. The molecule has 1 heterocycles. The highest BCUT2D eigenvalue weighted by molar-refractivity contribution is 5.85. The third-order valence-electron chi connectivity index (χ3n) is 2.59. The average Bonchev–Trinajstić information content (AvgIpc) is 2.74. The fourth-order valence-corrected chi connectivity index (χ4v) is 1.71. The van der Waals surface area contributed by atoms with E-state index in [0.29, 0.717) is 5.56 Å². The van der Waals surface area contributed by atoms with Crippen LogP contribution < -0.4 is 5.32 Å². The van der Waals surface area contributed by atoms with Crippen LogP contribution in [0.4, 0.5) is 4.79 Å². The summed E-state index contributed by atoms with van der Waals surface area (Å²) < 4.78 is 9.48. The number of hydrogen-bond donors (Lipinski definition) is 3. The molecule has 0 unspecified atom stereocenters. The van der Waals surface area contributed by atoms with Gasteiger partial charge in [-0.15, -0.1) is 0 Å². The number of alkyl carbamates (subject to hydrolysis) is 1. The Labute approximate surface area is 102 Å². The second kappa shape index (κ2) is 4.44. The van der Waals surface area contributed by atoms with E-state index in [-0.39, 0.29) is 11.5 Å². The van der Waals surface area contributed by atoms with E-state index in [9.17, 15) is 19.8 Å². The Hall–Kier alpha value is -2.44. The zero-order valence-electron chi connectivity index (χ0n) is 9.41. The first-order valence-corrected chi connectivity index (χ1v) is 5.10. The van der Waals surface area contributed by atoms with Crippen LogP contribution in [0.5, 0.6) is 11.5 Å². The minimum atomic E-state index is -0.980. The Bertz CT molecular complexity index is 500. The largest absolute Gasteiger partial charge is 0.504 e. The molecule has 0 bridgehead atoms. The van der Waals surface area contributed by atoms with Crippen molar-refractivity contribution in [2.75, 3.05) is 7.11 Å². The van der Waals surface area contributed by atoms with Crippen LogP contribution in [0.15, 0.2) is 18.2 Å². The van der Waals surface area contributed by atoms with Gasteiger partial charge in [0.25, 0.3) is 0 Å². The summed E-state index contributed by atoms with van der Waals surface area (Å²) in [5.41, 5.74) is 0.374. The highest BCUT2D eigenvalue weighted by Gasteiger charge is 2.41. The first-order chi connectivity index (χ1) is 8.52. The molecule has 1 aromatic rings. The maximum absolute atomic E-state index is 11.5. The van der Waals surface area contributed by atoms with Gasteiger partial charge in [-0.3, -0.25) is 0 Å². The topological polar surface area (TPSA) is 105 Å². The molecular weight excluding hydrogens is 242 g/mol. The molecule has 18 heavy (non-hydrogen) atoms. The van der Waals surface area contributed by atoms with Gasteiger partial charge in [0.2, 0.25) is 0 Å². The summed E-state index contributed by atoms with van der Waals surface area (Å²) in [7, 11) is 1.19. The summed E-state index contributed by atoms with van der Waals surface area (Å²) in [6.07, 6.45) is -1.65. The van der Waals surface area contributed by atoms with E-state index >= 15 is 0 Å². The van der Waals surface area contributed by atoms with Crippen LogP contribution in [0, 0.1) is 0 Å². The van der Waals surface area contributed by atoms with Gasteiger partial charge in [0.15, 0.2) is 23.6 Å². The maximum atomic E-state index is 11.5. The lowest BCUT2D eigenvalue weighted by molar-refractivity contribution is -0.144. The summed E-state index contributed by atoms with van der Waals surface area (Å²) in [6.45, 7) is 0. The molecule has 3 N–H and O–H groups in total.